The van der Waals surface area contributed by atoms with E-state index in [1.807, 2.05) is 41.7 Å². The summed E-state index contributed by atoms with van der Waals surface area (Å²) < 4.78 is 5.59. The number of benzene rings is 1. The van der Waals surface area contributed by atoms with Crippen LogP contribution in [0.25, 0.3) is 0 Å². The molecule has 1 unspecified atom stereocenters. The van der Waals surface area contributed by atoms with Gasteiger partial charge in [-0.25, -0.2) is 0 Å². The fraction of sp³-hybridized carbons (Fsp3) is 0.421. The topological polar surface area (TPSA) is 41.6 Å². The molecule has 1 amide bonds. The molecule has 2 aromatic rings. The van der Waals surface area contributed by atoms with Gasteiger partial charge in [0.25, 0.3) is 0 Å². The van der Waals surface area contributed by atoms with Crippen molar-refractivity contribution in [1.29, 1.82) is 0 Å². The van der Waals surface area contributed by atoms with E-state index in [1.165, 1.54) is 9.75 Å². The third-order valence-corrected chi connectivity index (χ3v) is 5.34. The van der Waals surface area contributed by atoms with Crippen molar-refractivity contribution in [2.45, 2.75) is 25.8 Å². The van der Waals surface area contributed by atoms with Crippen LogP contribution in [0.3, 0.4) is 0 Å². The van der Waals surface area contributed by atoms with E-state index in [4.69, 9.17) is 4.74 Å². The highest BCUT2D eigenvalue weighted by Crippen LogP contribution is 2.35. The van der Waals surface area contributed by atoms with Gasteiger partial charge in [0.05, 0.1) is 13.1 Å². The third kappa shape index (κ3) is 4.58. The molecule has 5 heteroatoms. The average Bonchev–Trinajstić information content (AvgIpc) is 3.21. The lowest BCUT2D eigenvalue weighted by atomic mass is 10.2. The van der Waals surface area contributed by atoms with Crippen molar-refractivity contribution >= 4 is 17.2 Å². The van der Waals surface area contributed by atoms with Crippen LogP contribution in [0.4, 0.5) is 0 Å². The summed E-state index contributed by atoms with van der Waals surface area (Å²) in [4.78, 5) is 17.2. The summed E-state index contributed by atoms with van der Waals surface area (Å²) in [5, 5.41) is 2.95. The van der Waals surface area contributed by atoms with E-state index < -0.39 is 0 Å². The molecule has 0 spiro atoms. The Morgan fingerprint density at radius 2 is 2.12 bits per heavy atom. The maximum Gasteiger partial charge on any atom is 0.234 e. The minimum absolute atomic E-state index is 0.0758. The fourth-order valence-corrected chi connectivity index (χ4v) is 4.13. The van der Waals surface area contributed by atoms with Crippen molar-refractivity contribution in [2.75, 3.05) is 26.2 Å². The van der Waals surface area contributed by atoms with E-state index in [0.717, 1.165) is 25.1 Å². The maximum atomic E-state index is 12.2. The van der Waals surface area contributed by atoms with Crippen molar-refractivity contribution in [3.8, 4) is 5.75 Å². The number of hydrogen-bond donors (Lipinski definition) is 1. The van der Waals surface area contributed by atoms with Gasteiger partial charge in [0.2, 0.25) is 5.91 Å². The highest BCUT2D eigenvalue weighted by Gasteiger charge is 2.28. The van der Waals surface area contributed by atoms with Crippen LogP contribution in [0.1, 0.15) is 28.6 Å². The van der Waals surface area contributed by atoms with E-state index in [-0.39, 0.29) is 5.91 Å². The van der Waals surface area contributed by atoms with Crippen LogP contribution in [0, 0.1) is 6.92 Å². The van der Waals surface area contributed by atoms with E-state index in [9.17, 15) is 4.79 Å². The third-order valence-electron chi connectivity index (χ3n) is 4.24. The number of nitrogens with zero attached hydrogens (tertiary/aromatic N) is 1. The molecule has 0 radical (unpaired) electrons. The molecule has 1 aromatic heterocycles. The molecular formula is C19H24N2O2S. The first-order valence-corrected chi connectivity index (χ1v) is 9.29. The number of nitrogens with one attached hydrogen (secondary N) is 1. The number of likely N-dealkylation sites (tertiary alicyclic amines) is 1. The molecule has 128 valence electrons. The monoisotopic (exact) mass is 344 g/mol. The molecule has 1 atom stereocenters. The number of para-hydroxylation sites is 1. The van der Waals surface area contributed by atoms with Gasteiger partial charge >= 0.3 is 0 Å². The SMILES string of the molecule is Cc1ccc(C2CCCN2CC(=O)NCCOc2ccccc2)s1. The van der Waals surface area contributed by atoms with Crippen LogP contribution in [-0.4, -0.2) is 37.0 Å². The average molecular weight is 344 g/mol. The van der Waals surface area contributed by atoms with Gasteiger partial charge in [-0.3, -0.25) is 9.69 Å². The highest BCUT2D eigenvalue weighted by atomic mass is 32.1. The largest absolute Gasteiger partial charge is 0.492 e. The number of thiophene rings is 1. The molecule has 1 aliphatic rings. The van der Waals surface area contributed by atoms with Crippen molar-refractivity contribution in [3.05, 3.63) is 52.2 Å². The second kappa shape index (κ2) is 8.31. The Hall–Kier alpha value is -1.85. The van der Waals surface area contributed by atoms with E-state index in [0.29, 0.717) is 25.7 Å². The van der Waals surface area contributed by atoms with Gasteiger partial charge < -0.3 is 10.1 Å². The lowest BCUT2D eigenvalue weighted by Crippen LogP contribution is -2.38. The Labute approximate surface area is 147 Å². The fourth-order valence-electron chi connectivity index (χ4n) is 3.09. The smallest absolute Gasteiger partial charge is 0.234 e. The van der Waals surface area contributed by atoms with Crippen molar-refractivity contribution in [1.82, 2.24) is 10.2 Å². The molecule has 1 N–H and O–H groups in total. The Balaban J connectivity index is 1.41. The summed E-state index contributed by atoms with van der Waals surface area (Å²) in [6.45, 7) is 4.61. The van der Waals surface area contributed by atoms with Crippen LogP contribution < -0.4 is 10.1 Å². The standard InChI is InChI=1S/C19H24N2O2S/c1-15-9-10-18(24-15)17-8-5-12-21(17)14-19(22)20-11-13-23-16-6-3-2-4-7-16/h2-4,6-7,9-10,17H,5,8,11-14H2,1H3,(H,20,22). The highest BCUT2D eigenvalue weighted by molar-refractivity contribution is 7.12. The molecule has 0 saturated carbocycles. The van der Waals surface area contributed by atoms with E-state index in [2.05, 4.69) is 29.3 Å². The minimum Gasteiger partial charge on any atom is -0.492 e. The Bertz CT molecular complexity index is 656. The molecule has 24 heavy (non-hydrogen) atoms. The molecule has 0 aliphatic carbocycles. The summed E-state index contributed by atoms with van der Waals surface area (Å²) in [5.41, 5.74) is 0. The van der Waals surface area contributed by atoms with Crippen LogP contribution in [0.15, 0.2) is 42.5 Å². The Kier molecular flexibility index (Phi) is 5.88. The zero-order valence-electron chi connectivity index (χ0n) is 14.0. The van der Waals surface area contributed by atoms with Gasteiger partial charge in [0, 0.05) is 15.8 Å². The van der Waals surface area contributed by atoms with Gasteiger partial charge in [-0.15, -0.1) is 11.3 Å². The molecule has 4 nitrogen and oxygen atoms in total. The van der Waals surface area contributed by atoms with E-state index >= 15 is 0 Å². The summed E-state index contributed by atoms with van der Waals surface area (Å²) in [6.07, 6.45) is 2.30. The van der Waals surface area contributed by atoms with Crippen molar-refractivity contribution < 1.29 is 9.53 Å². The lowest BCUT2D eigenvalue weighted by molar-refractivity contribution is -0.122. The quantitative estimate of drug-likeness (QED) is 0.783. The second-order valence-corrected chi connectivity index (χ2v) is 7.41. The zero-order chi connectivity index (χ0) is 16.8. The molecular weight excluding hydrogens is 320 g/mol. The van der Waals surface area contributed by atoms with Gasteiger partial charge in [-0.05, 0) is 50.6 Å². The molecule has 1 aromatic carbocycles. The number of carbonyl (C=O) groups is 1. The summed E-state index contributed by atoms with van der Waals surface area (Å²) in [7, 11) is 0. The normalized spacial score (nSPS) is 17.8. The van der Waals surface area contributed by atoms with Gasteiger partial charge in [-0.2, -0.15) is 0 Å². The molecule has 1 aliphatic heterocycles. The van der Waals surface area contributed by atoms with Gasteiger partial charge in [0.15, 0.2) is 0 Å². The molecule has 1 fully saturated rings. The Morgan fingerprint density at radius 1 is 1.29 bits per heavy atom. The maximum absolute atomic E-state index is 12.2. The predicted octanol–water partition coefficient (Wildman–Crippen LogP) is 3.39. The zero-order valence-corrected chi connectivity index (χ0v) is 14.8. The van der Waals surface area contributed by atoms with Crippen LogP contribution >= 0.6 is 11.3 Å². The van der Waals surface area contributed by atoms with Crippen LogP contribution in [-0.2, 0) is 4.79 Å². The first-order valence-electron chi connectivity index (χ1n) is 8.47. The number of rotatable bonds is 7. The van der Waals surface area contributed by atoms with Gasteiger partial charge in [0.1, 0.15) is 12.4 Å². The van der Waals surface area contributed by atoms with E-state index in [1.54, 1.807) is 0 Å². The Morgan fingerprint density at radius 3 is 2.88 bits per heavy atom. The predicted molar refractivity (Wildman–Crippen MR) is 97.6 cm³/mol. The van der Waals surface area contributed by atoms with Crippen molar-refractivity contribution in [3.63, 3.8) is 0 Å². The minimum atomic E-state index is 0.0758. The first kappa shape index (κ1) is 17.0. The van der Waals surface area contributed by atoms with Crippen LogP contribution in [0.2, 0.25) is 0 Å². The molecule has 1 saturated heterocycles. The number of amides is 1. The summed E-state index contributed by atoms with van der Waals surface area (Å²) >= 11 is 1.84. The first-order chi connectivity index (χ1) is 11.7. The molecule has 0 bridgehead atoms. The van der Waals surface area contributed by atoms with Crippen LogP contribution in [0.5, 0.6) is 5.75 Å². The summed E-state index contributed by atoms with van der Waals surface area (Å²) in [6, 6.07) is 14.4. The number of ether oxygens (including phenoxy) is 1. The molecule has 3 rings (SSSR count). The number of carbonyl (C=O) groups excluding carboxylic acids is 1. The second-order valence-electron chi connectivity index (χ2n) is 6.09. The lowest BCUT2D eigenvalue weighted by Gasteiger charge is -2.22. The summed E-state index contributed by atoms with van der Waals surface area (Å²) in [5.74, 6) is 0.909. The van der Waals surface area contributed by atoms with Gasteiger partial charge in [-0.1, -0.05) is 18.2 Å². The van der Waals surface area contributed by atoms with Crippen molar-refractivity contribution in [2.24, 2.45) is 0 Å². The molecule has 2 heterocycles. The number of hydrogen-bond acceptors (Lipinski definition) is 4. The number of aryl methyl sites for hydroxylation is 1.